The van der Waals surface area contributed by atoms with E-state index in [0.717, 1.165) is 37.0 Å². The third kappa shape index (κ3) is 3.56. The number of imidazole rings is 2. The highest BCUT2D eigenvalue weighted by atomic mass is 19.1. The lowest BCUT2D eigenvalue weighted by Crippen LogP contribution is -2.29. The van der Waals surface area contributed by atoms with E-state index >= 15 is 4.39 Å². The third-order valence-electron chi connectivity index (χ3n) is 5.80. The van der Waals surface area contributed by atoms with Crippen molar-refractivity contribution in [1.29, 1.82) is 0 Å². The Morgan fingerprint density at radius 1 is 1.12 bits per heavy atom. The molecule has 0 atom stereocenters. The Bertz CT molecular complexity index is 1240. The zero-order valence-corrected chi connectivity index (χ0v) is 17.8. The van der Waals surface area contributed by atoms with E-state index in [0.29, 0.717) is 23.0 Å². The van der Waals surface area contributed by atoms with Crippen molar-refractivity contribution in [2.75, 3.05) is 19.7 Å². The van der Waals surface area contributed by atoms with E-state index in [2.05, 4.69) is 15.3 Å². The summed E-state index contributed by atoms with van der Waals surface area (Å²) in [6.45, 7) is 3.62. The molecule has 1 saturated heterocycles. The second kappa shape index (κ2) is 8.55. The number of fused-ring (bicyclic) bond motifs is 1. The van der Waals surface area contributed by atoms with Crippen LogP contribution >= 0.6 is 0 Å². The largest absolute Gasteiger partial charge is 0.449 e. The zero-order chi connectivity index (χ0) is 22.1. The molecule has 0 radical (unpaired) electrons. The minimum absolute atomic E-state index is 0.0457. The van der Waals surface area contributed by atoms with Crippen LogP contribution in [-0.4, -0.2) is 45.3 Å². The van der Waals surface area contributed by atoms with E-state index in [-0.39, 0.29) is 18.1 Å². The summed E-state index contributed by atoms with van der Waals surface area (Å²) in [5.74, 6) is 0.679. The van der Waals surface area contributed by atoms with E-state index in [1.165, 1.54) is 10.6 Å². The lowest BCUT2D eigenvalue weighted by atomic mass is 9.97. The normalized spacial score (nSPS) is 14.7. The van der Waals surface area contributed by atoms with Crippen LogP contribution in [0.25, 0.3) is 33.8 Å². The van der Waals surface area contributed by atoms with Crippen molar-refractivity contribution in [1.82, 2.24) is 24.8 Å². The molecule has 7 nitrogen and oxygen atoms in total. The van der Waals surface area contributed by atoms with Crippen LogP contribution in [0.2, 0.25) is 0 Å². The highest BCUT2D eigenvalue weighted by Gasteiger charge is 2.32. The molecule has 3 heterocycles. The maximum atomic E-state index is 15.0. The molecular weight excluding hydrogens is 409 g/mol. The van der Waals surface area contributed by atoms with Gasteiger partial charge in [0.2, 0.25) is 0 Å². The summed E-state index contributed by atoms with van der Waals surface area (Å²) in [4.78, 5) is 26.0. The molecule has 2 aromatic carbocycles. The molecule has 1 fully saturated rings. The number of nitrogens with zero attached hydrogens (tertiary/aromatic N) is 3. The second-order valence-corrected chi connectivity index (χ2v) is 7.81. The van der Waals surface area contributed by atoms with Crippen LogP contribution < -0.4 is 5.32 Å². The molecule has 2 N–H and O–H groups in total. The minimum atomic E-state index is -0.561. The number of hydrogen-bond acceptors (Lipinski definition) is 5. The predicted molar refractivity (Wildman–Crippen MR) is 120 cm³/mol. The van der Waals surface area contributed by atoms with E-state index in [1.807, 2.05) is 24.3 Å². The van der Waals surface area contributed by atoms with Gasteiger partial charge in [-0.3, -0.25) is 0 Å². The molecule has 0 spiro atoms. The number of carbonyl (C=O) groups excluding carboxylic acids is 1. The molecule has 8 heteroatoms. The summed E-state index contributed by atoms with van der Waals surface area (Å²) in [6, 6.07) is 14.0. The fourth-order valence-electron chi connectivity index (χ4n) is 4.30. The topological polar surface area (TPSA) is 84.8 Å². The van der Waals surface area contributed by atoms with Gasteiger partial charge in [0, 0.05) is 11.5 Å². The van der Waals surface area contributed by atoms with Gasteiger partial charge >= 0.3 is 6.09 Å². The summed E-state index contributed by atoms with van der Waals surface area (Å²) >= 11 is 0. The predicted octanol–water partition coefficient (Wildman–Crippen LogP) is 4.70. The third-order valence-corrected chi connectivity index (χ3v) is 5.80. The molecule has 0 aliphatic carbocycles. The fraction of sp³-hybridized carbons (Fsp3) is 0.292. The second-order valence-electron chi connectivity index (χ2n) is 7.81. The number of nitrogens with one attached hydrogen (secondary N) is 2. The van der Waals surface area contributed by atoms with Crippen LogP contribution in [0.1, 0.15) is 31.5 Å². The van der Waals surface area contributed by atoms with Crippen molar-refractivity contribution in [2.24, 2.45) is 0 Å². The number of piperidine rings is 1. The summed E-state index contributed by atoms with van der Waals surface area (Å²) in [5.41, 5.74) is 2.69. The zero-order valence-electron chi connectivity index (χ0n) is 17.8. The molecule has 0 unspecified atom stereocenters. The summed E-state index contributed by atoms with van der Waals surface area (Å²) in [7, 11) is 0. The molecule has 1 aliphatic rings. The fourth-order valence-corrected chi connectivity index (χ4v) is 4.30. The first-order chi connectivity index (χ1) is 15.7. The number of benzene rings is 2. The first-order valence-corrected chi connectivity index (χ1v) is 10.9. The number of halogens is 1. The van der Waals surface area contributed by atoms with E-state index in [9.17, 15) is 4.79 Å². The number of para-hydroxylation sites is 2. The first kappa shape index (κ1) is 20.4. The first-order valence-electron chi connectivity index (χ1n) is 10.9. The van der Waals surface area contributed by atoms with Crippen molar-refractivity contribution in [3.05, 3.63) is 60.2 Å². The van der Waals surface area contributed by atoms with Gasteiger partial charge in [-0.1, -0.05) is 24.3 Å². The van der Waals surface area contributed by atoms with Crippen LogP contribution in [0.15, 0.2) is 48.5 Å². The van der Waals surface area contributed by atoms with E-state index in [1.54, 1.807) is 25.1 Å². The van der Waals surface area contributed by atoms with Crippen LogP contribution in [-0.2, 0) is 4.74 Å². The van der Waals surface area contributed by atoms with Crippen molar-refractivity contribution in [3.63, 3.8) is 0 Å². The minimum Gasteiger partial charge on any atom is -0.449 e. The van der Waals surface area contributed by atoms with Crippen LogP contribution in [0, 0.1) is 5.82 Å². The van der Waals surface area contributed by atoms with Crippen molar-refractivity contribution in [2.45, 2.75) is 25.7 Å². The van der Waals surface area contributed by atoms with Gasteiger partial charge in [0.15, 0.2) is 5.82 Å². The van der Waals surface area contributed by atoms with Gasteiger partial charge in [-0.2, -0.15) is 0 Å². The standard InChI is InChI=1S/C24H24FN5O2/c1-2-32-24(31)30-21(16-7-3-4-8-17(16)25)20(29-23(30)15-11-13-26-14-12-15)22-27-18-9-5-6-10-19(18)28-22/h3-10,15,26H,2,11-14H2,1H3,(H,27,28). The Hall–Kier alpha value is -3.52. The lowest BCUT2D eigenvalue weighted by Gasteiger charge is -2.23. The summed E-state index contributed by atoms with van der Waals surface area (Å²) in [5, 5.41) is 3.34. The average molecular weight is 433 g/mol. The summed E-state index contributed by atoms with van der Waals surface area (Å²) in [6.07, 6.45) is 1.09. The smallest absolute Gasteiger partial charge is 0.420 e. The number of aromatic amines is 1. The van der Waals surface area contributed by atoms with Crippen LogP contribution in [0.5, 0.6) is 0 Å². The van der Waals surface area contributed by atoms with Gasteiger partial charge in [-0.25, -0.2) is 23.7 Å². The van der Waals surface area contributed by atoms with Gasteiger partial charge in [0.05, 0.1) is 23.3 Å². The summed E-state index contributed by atoms with van der Waals surface area (Å²) < 4.78 is 21.9. The molecular formula is C24H24FN5O2. The molecule has 0 bridgehead atoms. The lowest BCUT2D eigenvalue weighted by molar-refractivity contribution is 0.152. The number of hydrogen-bond donors (Lipinski definition) is 2. The van der Waals surface area contributed by atoms with Gasteiger partial charge < -0.3 is 15.0 Å². The monoisotopic (exact) mass is 433 g/mol. The Balaban J connectivity index is 1.79. The number of carbonyl (C=O) groups is 1. The molecule has 5 rings (SSSR count). The molecule has 4 aromatic rings. The SMILES string of the molecule is CCOC(=O)n1c(C2CCNCC2)nc(-c2nc3ccccc3[nH]2)c1-c1ccccc1F. The highest BCUT2D eigenvalue weighted by molar-refractivity contribution is 5.88. The van der Waals surface area contributed by atoms with Crippen molar-refractivity contribution in [3.8, 4) is 22.8 Å². The maximum Gasteiger partial charge on any atom is 0.420 e. The van der Waals surface area contributed by atoms with Crippen molar-refractivity contribution < 1.29 is 13.9 Å². The number of aromatic nitrogens is 4. The van der Waals surface area contributed by atoms with E-state index in [4.69, 9.17) is 9.72 Å². The Kier molecular flexibility index (Phi) is 5.45. The van der Waals surface area contributed by atoms with Crippen LogP contribution in [0.3, 0.4) is 0 Å². The van der Waals surface area contributed by atoms with Crippen LogP contribution in [0.4, 0.5) is 9.18 Å². The average Bonchev–Trinajstić information content (AvgIpc) is 3.42. The van der Waals surface area contributed by atoms with Gasteiger partial charge in [-0.05, 0) is 57.1 Å². The van der Waals surface area contributed by atoms with Gasteiger partial charge in [0.25, 0.3) is 0 Å². The molecule has 164 valence electrons. The number of H-pyrrole nitrogens is 1. The van der Waals surface area contributed by atoms with Gasteiger partial charge in [0.1, 0.15) is 17.3 Å². The van der Waals surface area contributed by atoms with Crippen molar-refractivity contribution >= 4 is 17.1 Å². The molecule has 1 aliphatic heterocycles. The van der Waals surface area contributed by atoms with E-state index < -0.39 is 11.9 Å². The van der Waals surface area contributed by atoms with Gasteiger partial charge in [-0.15, -0.1) is 0 Å². The molecule has 0 amide bonds. The maximum absolute atomic E-state index is 15.0. The Morgan fingerprint density at radius 3 is 2.62 bits per heavy atom. The number of rotatable bonds is 4. The molecule has 32 heavy (non-hydrogen) atoms. The molecule has 0 saturated carbocycles. The highest BCUT2D eigenvalue weighted by Crippen LogP contribution is 2.37. The number of ether oxygens (including phenoxy) is 1. The Morgan fingerprint density at radius 2 is 1.88 bits per heavy atom. The molecule has 2 aromatic heterocycles. The Labute approximate surface area is 184 Å². The quantitative estimate of drug-likeness (QED) is 0.487.